The Morgan fingerprint density at radius 3 is 2.46 bits per heavy atom. The second-order valence-corrected chi connectivity index (χ2v) is 5.26. The largest absolute Gasteiger partial charge is 0.396 e. The molecule has 76 valence electrons. The van der Waals surface area contributed by atoms with E-state index >= 15 is 0 Å². The van der Waals surface area contributed by atoms with Crippen molar-refractivity contribution in [2.45, 2.75) is 19.3 Å². The summed E-state index contributed by atoms with van der Waals surface area (Å²) in [5.41, 5.74) is -0.212. The smallest absolute Gasteiger partial charge is 0.233 e. The lowest BCUT2D eigenvalue weighted by Gasteiger charge is -2.40. The molecule has 0 aromatic heterocycles. The molecule has 5 heteroatoms. The first kappa shape index (κ1) is 10.7. The normalized spacial score (nSPS) is 20.7. The Bertz CT molecular complexity index is 274. The van der Waals surface area contributed by atoms with E-state index in [0.717, 1.165) is 24.7 Å². The number of aliphatic hydroxyl groups is 1. The van der Waals surface area contributed by atoms with Crippen molar-refractivity contribution in [1.29, 1.82) is 0 Å². The molecule has 0 spiro atoms. The number of nitrogens with one attached hydrogen (secondary N) is 1. The van der Waals surface area contributed by atoms with Crippen LogP contribution in [0.2, 0.25) is 0 Å². The van der Waals surface area contributed by atoms with Crippen molar-refractivity contribution >= 4 is 10.0 Å². The van der Waals surface area contributed by atoms with Crippen LogP contribution in [-0.2, 0) is 10.0 Å². The zero-order valence-electron chi connectivity index (χ0n) is 7.49. The molecule has 0 saturated heterocycles. The summed E-state index contributed by atoms with van der Waals surface area (Å²) in [7, 11) is -3.34. The molecule has 0 unspecified atom stereocenters. The van der Waals surface area contributed by atoms with Gasteiger partial charge in [0.25, 0.3) is 0 Å². The fourth-order valence-electron chi connectivity index (χ4n) is 1.38. The zero-order chi connectivity index (χ0) is 9.95. The van der Waals surface area contributed by atoms with Gasteiger partial charge in [-0.2, -0.15) is 0 Å². The topological polar surface area (TPSA) is 66.4 Å². The molecule has 0 atom stereocenters. The Kier molecular flexibility index (Phi) is 3.10. The number of hydrogen-bond acceptors (Lipinski definition) is 3. The third-order valence-electron chi connectivity index (χ3n) is 2.62. The molecular weight excluding hydrogens is 190 g/mol. The van der Waals surface area contributed by atoms with Crippen molar-refractivity contribution in [2.24, 2.45) is 5.41 Å². The zero-order valence-corrected chi connectivity index (χ0v) is 8.31. The van der Waals surface area contributed by atoms with E-state index in [0.29, 0.717) is 6.54 Å². The minimum Gasteiger partial charge on any atom is -0.396 e. The maximum absolute atomic E-state index is 11.0. The van der Waals surface area contributed by atoms with E-state index in [1.54, 1.807) is 0 Å². The van der Waals surface area contributed by atoms with Crippen LogP contribution in [0, 0.1) is 5.41 Å². The summed E-state index contributed by atoms with van der Waals surface area (Å²) in [6.07, 6.45) is 2.85. The lowest BCUT2D eigenvalue weighted by atomic mass is 9.69. The third kappa shape index (κ3) is 2.52. The van der Waals surface area contributed by atoms with Gasteiger partial charge in [-0.3, -0.25) is 0 Å². The summed E-state index contributed by atoms with van der Waals surface area (Å²) in [6.45, 7) is 3.56. The Morgan fingerprint density at radius 1 is 1.54 bits per heavy atom. The van der Waals surface area contributed by atoms with Crippen molar-refractivity contribution in [1.82, 2.24) is 4.72 Å². The predicted molar refractivity (Wildman–Crippen MR) is 50.5 cm³/mol. The minimum atomic E-state index is -3.34. The first-order valence-electron chi connectivity index (χ1n) is 4.27. The van der Waals surface area contributed by atoms with Gasteiger partial charge in [-0.05, 0) is 12.8 Å². The molecule has 1 rings (SSSR count). The summed E-state index contributed by atoms with van der Waals surface area (Å²) in [4.78, 5) is 0. The molecule has 1 aliphatic carbocycles. The van der Waals surface area contributed by atoms with Gasteiger partial charge in [-0.15, -0.1) is 0 Å². The van der Waals surface area contributed by atoms with Gasteiger partial charge in [0.1, 0.15) is 0 Å². The van der Waals surface area contributed by atoms with Gasteiger partial charge in [-0.25, -0.2) is 13.1 Å². The highest BCUT2D eigenvalue weighted by molar-refractivity contribution is 7.92. The Balaban J connectivity index is 2.45. The van der Waals surface area contributed by atoms with Gasteiger partial charge in [-0.1, -0.05) is 13.0 Å². The van der Waals surface area contributed by atoms with Gasteiger partial charge in [0.05, 0.1) is 0 Å². The van der Waals surface area contributed by atoms with Crippen LogP contribution < -0.4 is 4.72 Å². The van der Waals surface area contributed by atoms with E-state index < -0.39 is 10.0 Å². The van der Waals surface area contributed by atoms with Gasteiger partial charge in [0.15, 0.2) is 0 Å². The molecule has 0 aromatic carbocycles. The van der Waals surface area contributed by atoms with E-state index in [1.807, 2.05) is 0 Å². The molecule has 13 heavy (non-hydrogen) atoms. The van der Waals surface area contributed by atoms with Crippen molar-refractivity contribution in [3.8, 4) is 0 Å². The van der Waals surface area contributed by atoms with E-state index in [-0.39, 0.29) is 12.0 Å². The molecule has 4 nitrogen and oxygen atoms in total. The van der Waals surface area contributed by atoms with E-state index in [9.17, 15) is 8.42 Å². The number of aliphatic hydroxyl groups excluding tert-OH is 1. The maximum Gasteiger partial charge on any atom is 0.233 e. The number of sulfonamides is 1. The average Bonchev–Trinajstić information content (AvgIpc) is 2.03. The molecule has 0 bridgehead atoms. The van der Waals surface area contributed by atoms with Crippen molar-refractivity contribution < 1.29 is 13.5 Å². The molecule has 1 fully saturated rings. The SMILES string of the molecule is C=CS(=O)(=O)NCC1(CO)CCC1. The van der Waals surface area contributed by atoms with Crippen LogP contribution in [0.4, 0.5) is 0 Å². The number of rotatable bonds is 5. The van der Waals surface area contributed by atoms with Crippen LogP contribution in [0.3, 0.4) is 0 Å². The molecule has 0 aromatic rings. The first-order valence-corrected chi connectivity index (χ1v) is 5.81. The fourth-order valence-corrected chi connectivity index (χ4v) is 2.01. The summed E-state index contributed by atoms with van der Waals surface area (Å²) in [5, 5.41) is 9.93. The minimum absolute atomic E-state index is 0.0483. The highest BCUT2D eigenvalue weighted by Crippen LogP contribution is 2.39. The Morgan fingerprint density at radius 2 is 2.15 bits per heavy atom. The van der Waals surface area contributed by atoms with E-state index in [4.69, 9.17) is 5.11 Å². The monoisotopic (exact) mass is 205 g/mol. The van der Waals surface area contributed by atoms with Gasteiger partial charge in [0, 0.05) is 24.0 Å². The molecule has 2 N–H and O–H groups in total. The lowest BCUT2D eigenvalue weighted by Crippen LogP contribution is -2.44. The Labute approximate surface area is 78.7 Å². The van der Waals surface area contributed by atoms with Gasteiger partial charge < -0.3 is 5.11 Å². The summed E-state index contributed by atoms with van der Waals surface area (Å²) in [6, 6.07) is 0. The highest BCUT2D eigenvalue weighted by atomic mass is 32.2. The Hall–Kier alpha value is -0.390. The van der Waals surface area contributed by atoms with Crippen LogP contribution in [0.1, 0.15) is 19.3 Å². The molecule has 0 radical (unpaired) electrons. The average molecular weight is 205 g/mol. The quantitative estimate of drug-likeness (QED) is 0.674. The van der Waals surface area contributed by atoms with Gasteiger partial charge >= 0.3 is 0 Å². The van der Waals surface area contributed by atoms with Gasteiger partial charge in [0.2, 0.25) is 10.0 Å². The molecular formula is C8H15NO3S. The van der Waals surface area contributed by atoms with Crippen molar-refractivity contribution in [3.63, 3.8) is 0 Å². The molecule has 0 heterocycles. The number of hydrogen-bond donors (Lipinski definition) is 2. The second kappa shape index (κ2) is 3.77. The van der Waals surface area contributed by atoms with E-state index in [1.165, 1.54) is 0 Å². The molecule has 0 aliphatic heterocycles. The molecule has 0 amide bonds. The standard InChI is InChI=1S/C8H15NO3S/c1-2-13(11,12)9-6-8(7-10)4-3-5-8/h2,9-10H,1,3-7H2. The lowest BCUT2D eigenvalue weighted by molar-refractivity contribution is 0.0500. The van der Waals surface area contributed by atoms with Crippen molar-refractivity contribution in [3.05, 3.63) is 12.0 Å². The van der Waals surface area contributed by atoms with Crippen LogP contribution in [-0.4, -0.2) is 26.7 Å². The second-order valence-electron chi connectivity index (χ2n) is 3.54. The van der Waals surface area contributed by atoms with Crippen LogP contribution in [0.15, 0.2) is 12.0 Å². The molecule has 1 aliphatic rings. The third-order valence-corrected chi connectivity index (χ3v) is 3.60. The van der Waals surface area contributed by atoms with E-state index in [2.05, 4.69) is 11.3 Å². The fraction of sp³-hybridized carbons (Fsp3) is 0.750. The van der Waals surface area contributed by atoms with Crippen LogP contribution >= 0.6 is 0 Å². The molecule has 1 saturated carbocycles. The predicted octanol–water partition coefficient (Wildman–Crippen LogP) is 0.212. The summed E-state index contributed by atoms with van der Waals surface area (Å²) in [5.74, 6) is 0. The summed E-state index contributed by atoms with van der Waals surface area (Å²) >= 11 is 0. The van der Waals surface area contributed by atoms with Crippen LogP contribution in [0.25, 0.3) is 0 Å². The maximum atomic E-state index is 11.0. The highest BCUT2D eigenvalue weighted by Gasteiger charge is 2.36. The first-order chi connectivity index (χ1) is 6.04. The van der Waals surface area contributed by atoms with Crippen molar-refractivity contribution in [2.75, 3.05) is 13.2 Å². The summed E-state index contributed by atoms with van der Waals surface area (Å²) < 4.78 is 24.4. The van der Waals surface area contributed by atoms with Crippen LogP contribution in [0.5, 0.6) is 0 Å².